The van der Waals surface area contributed by atoms with Gasteiger partial charge in [0.2, 0.25) is 5.91 Å². The largest absolute Gasteiger partial charge is 0.465 e. The number of hydrogen-bond acceptors (Lipinski definition) is 3. The molecule has 6 nitrogen and oxygen atoms in total. The number of piperidine rings is 1. The Hall–Kier alpha value is -1.95. The number of anilines is 2. The lowest BCUT2D eigenvalue weighted by molar-refractivity contribution is -0.121. The van der Waals surface area contributed by atoms with Crippen molar-refractivity contribution in [2.45, 2.75) is 12.8 Å². The van der Waals surface area contributed by atoms with Gasteiger partial charge in [-0.1, -0.05) is 17.7 Å². The van der Waals surface area contributed by atoms with Gasteiger partial charge in [0.15, 0.2) is 0 Å². The second kappa shape index (κ2) is 6.00. The number of para-hydroxylation sites is 1. The van der Waals surface area contributed by atoms with E-state index in [9.17, 15) is 9.59 Å². The van der Waals surface area contributed by atoms with E-state index in [0.29, 0.717) is 35.8 Å². The molecule has 0 saturated carbocycles. The quantitative estimate of drug-likeness (QED) is 0.730. The number of amides is 2. The van der Waals surface area contributed by atoms with Crippen molar-refractivity contribution in [1.29, 1.82) is 0 Å². The molecule has 1 fully saturated rings. The summed E-state index contributed by atoms with van der Waals surface area (Å²) in [7, 11) is 0. The zero-order valence-electron chi connectivity index (χ0n) is 10.8. The molecule has 0 aromatic heterocycles. The van der Waals surface area contributed by atoms with E-state index in [4.69, 9.17) is 22.4 Å². The molecule has 1 aromatic rings. The Kier molecular flexibility index (Phi) is 4.34. The molecule has 1 saturated heterocycles. The number of benzene rings is 1. The lowest BCUT2D eigenvalue weighted by Crippen LogP contribution is -2.43. The lowest BCUT2D eigenvalue weighted by Gasteiger charge is -2.30. The van der Waals surface area contributed by atoms with Gasteiger partial charge in [-0.3, -0.25) is 4.79 Å². The number of nitrogen functional groups attached to an aromatic ring is 1. The van der Waals surface area contributed by atoms with Crippen molar-refractivity contribution in [3.63, 3.8) is 0 Å². The molecule has 1 aromatic carbocycles. The molecule has 0 radical (unpaired) electrons. The van der Waals surface area contributed by atoms with E-state index in [2.05, 4.69) is 5.32 Å². The smallest absolute Gasteiger partial charge is 0.407 e. The summed E-state index contributed by atoms with van der Waals surface area (Å²) in [4.78, 5) is 24.4. The maximum Gasteiger partial charge on any atom is 0.407 e. The third-order valence-corrected chi connectivity index (χ3v) is 3.67. The number of carbonyl (C=O) groups is 2. The Bertz CT molecular complexity index is 515. The van der Waals surface area contributed by atoms with Gasteiger partial charge >= 0.3 is 6.09 Å². The molecule has 0 bridgehead atoms. The molecule has 7 heteroatoms. The Morgan fingerprint density at radius 3 is 2.85 bits per heavy atom. The minimum Gasteiger partial charge on any atom is -0.465 e. The number of carbonyl (C=O) groups excluding carboxylic acids is 1. The molecule has 4 N–H and O–H groups in total. The number of hydrogen-bond donors (Lipinski definition) is 3. The first kappa shape index (κ1) is 14.5. The summed E-state index contributed by atoms with van der Waals surface area (Å²) in [6.07, 6.45) is 0.322. The maximum absolute atomic E-state index is 12.2. The van der Waals surface area contributed by atoms with Crippen molar-refractivity contribution < 1.29 is 14.7 Å². The highest BCUT2D eigenvalue weighted by Gasteiger charge is 2.28. The molecule has 108 valence electrons. The molecular formula is C13H16ClN3O3. The molecule has 1 aliphatic rings. The van der Waals surface area contributed by atoms with Crippen LogP contribution < -0.4 is 11.1 Å². The summed E-state index contributed by atoms with van der Waals surface area (Å²) in [5.74, 6) is -0.633. The number of halogens is 1. The van der Waals surface area contributed by atoms with Crippen molar-refractivity contribution in [1.82, 2.24) is 4.90 Å². The van der Waals surface area contributed by atoms with Crippen LogP contribution in [0.5, 0.6) is 0 Å². The molecule has 20 heavy (non-hydrogen) atoms. The lowest BCUT2D eigenvalue weighted by atomic mass is 9.97. The third kappa shape index (κ3) is 3.14. The number of likely N-dealkylation sites (tertiary alicyclic amines) is 1. The van der Waals surface area contributed by atoms with Gasteiger partial charge in [-0.2, -0.15) is 0 Å². The Morgan fingerprint density at radius 2 is 2.20 bits per heavy atom. The van der Waals surface area contributed by atoms with Gasteiger partial charge < -0.3 is 21.1 Å². The predicted molar refractivity (Wildman–Crippen MR) is 76.8 cm³/mol. The van der Waals surface area contributed by atoms with Crippen molar-refractivity contribution in [3.8, 4) is 0 Å². The maximum atomic E-state index is 12.2. The third-order valence-electron chi connectivity index (χ3n) is 3.36. The topological polar surface area (TPSA) is 95.7 Å². The van der Waals surface area contributed by atoms with E-state index < -0.39 is 6.09 Å². The molecule has 1 unspecified atom stereocenters. The van der Waals surface area contributed by atoms with E-state index in [-0.39, 0.29) is 18.4 Å². The first-order valence-electron chi connectivity index (χ1n) is 6.31. The van der Waals surface area contributed by atoms with Crippen LogP contribution in [0, 0.1) is 5.92 Å². The van der Waals surface area contributed by atoms with Crippen LogP contribution in [0.25, 0.3) is 0 Å². The minimum atomic E-state index is -1.00. The Morgan fingerprint density at radius 1 is 1.45 bits per heavy atom. The van der Waals surface area contributed by atoms with Gasteiger partial charge in [-0.05, 0) is 25.0 Å². The highest BCUT2D eigenvalue weighted by Crippen LogP contribution is 2.29. The molecule has 0 spiro atoms. The second-order valence-electron chi connectivity index (χ2n) is 4.76. The molecule has 1 aliphatic heterocycles. The first-order valence-corrected chi connectivity index (χ1v) is 6.69. The van der Waals surface area contributed by atoms with Gasteiger partial charge in [-0.25, -0.2) is 4.79 Å². The fourth-order valence-electron chi connectivity index (χ4n) is 2.26. The standard InChI is InChI=1S/C13H16ClN3O3/c14-9-4-1-5-10(15)11(9)16-12(18)8-3-2-6-17(7-8)13(19)20/h1,4-5,8H,2-3,6-7,15H2,(H,16,18)(H,19,20). The highest BCUT2D eigenvalue weighted by atomic mass is 35.5. The van der Waals surface area contributed by atoms with E-state index in [1.54, 1.807) is 18.2 Å². The highest BCUT2D eigenvalue weighted by molar-refractivity contribution is 6.34. The summed E-state index contributed by atoms with van der Waals surface area (Å²) in [6.45, 7) is 0.666. The van der Waals surface area contributed by atoms with Gasteiger partial charge in [0.05, 0.1) is 22.3 Å². The Balaban J connectivity index is 2.06. The average molecular weight is 298 g/mol. The van der Waals surface area contributed by atoms with Crippen LogP contribution in [0.1, 0.15) is 12.8 Å². The molecule has 1 heterocycles. The van der Waals surface area contributed by atoms with Gasteiger partial charge in [0.25, 0.3) is 0 Å². The molecule has 2 amide bonds. The van der Waals surface area contributed by atoms with E-state index in [1.807, 2.05) is 0 Å². The summed E-state index contributed by atoms with van der Waals surface area (Å²) in [5.41, 5.74) is 6.54. The van der Waals surface area contributed by atoms with Crippen LogP contribution >= 0.6 is 11.6 Å². The van der Waals surface area contributed by atoms with Crippen LogP contribution in [0.15, 0.2) is 18.2 Å². The molecule has 2 rings (SSSR count). The number of rotatable bonds is 2. The molecular weight excluding hydrogens is 282 g/mol. The zero-order valence-corrected chi connectivity index (χ0v) is 11.6. The van der Waals surface area contributed by atoms with Crippen LogP contribution in [0.2, 0.25) is 5.02 Å². The summed E-state index contributed by atoms with van der Waals surface area (Å²) < 4.78 is 0. The van der Waals surface area contributed by atoms with Gasteiger partial charge in [-0.15, -0.1) is 0 Å². The minimum absolute atomic E-state index is 0.200. The van der Waals surface area contributed by atoms with Crippen LogP contribution in [0.4, 0.5) is 16.2 Å². The second-order valence-corrected chi connectivity index (χ2v) is 5.17. The van der Waals surface area contributed by atoms with Gasteiger partial charge in [0, 0.05) is 13.1 Å². The van der Waals surface area contributed by atoms with E-state index in [0.717, 1.165) is 0 Å². The fraction of sp³-hybridized carbons (Fsp3) is 0.385. The van der Waals surface area contributed by atoms with Crippen molar-refractivity contribution in [2.24, 2.45) is 5.92 Å². The summed E-state index contributed by atoms with van der Waals surface area (Å²) in [5, 5.41) is 12.0. The van der Waals surface area contributed by atoms with Crippen LogP contribution in [0.3, 0.4) is 0 Å². The van der Waals surface area contributed by atoms with Crippen molar-refractivity contribution in [3.05, 3.63) is 23.2 Å². The zero-order chi connectivity index (χ0) is 14.7. The normalized spacial score (nSPS) is 18.6. The number of nitrogens with one attached hydrogen (secondary N) is 1. The fourth-order valence-corrected chi connectivity index (χ4v) is 2.49. The van der Waals surface area contributed by atoms with Crippen LogP contribution in [-0.2, 0) is 4.79 Å². The number of nitrogens with two attached hydrogens (primary N) is 1. The number of nitrogens with zero attached hydrogens (tertiary/aromatic N) is 1. The van der Waals surface area contributed by atoms with E-state index >= 15 is 0 Å². The monoisotopic (exact) mass is 297 g/mol. The van der Waals surface area contributed by atoms with Crippen molar-refractivity contribution >= 4 is 35.0 Å². The Labute approximate surface area is 121 Å². The summed E-state index contributed by atoms with van der Waals surface area (Å²) >= 11 is 5.99. The predicted octanol–water partition coefficient (Wildman–Crippen LogP) is 2.25. The number of carboxylic acid groups (broad SMARTS) is 1. The summed E-state index contributed by atoms with van der Waals surface area (Å²) in [6, 6.07) is 4.98. The van der Waals surface area contributed by atoms with E-state index in [1.165, 1.54) is 4.90 Å². The van der Waals surface area contributed by atoms with Crippen LogP contribution in [-0.4, -0.2) is 35.1 Å². The average Bonchev–Trinajstić information content (AvgIpc) is 2.43. The van der Waals surface area contributed by atoms with Gasteiger partial charge in [0.1, 0.15) is 0 Å². The SMILES string of the molecule is Nc1cccc(Cl)c1NC(=O)C1CCCN(C(=O)O)C1. The van der Waals surface area contributed by atoms with Crippen molar-refractivity contribution in [2.75, 3.05) is 24.1 Å². The molecule has 0 aliphatic carbocycles. The first-order chi connectivity index (χ1) is 9.49. The molecule has 1 atom stereocenters.